The van der Waals surface area contributed by atoms with Crippen LogP contribution in [0, 0.1) is 0 Å². The summed E-state index contributed by atoms with van der Waals surface area (Å²) in [5.74, 6) is 0.790. The predicted octanol–water partition coefficient (Wildman–Crippen LogP) is 6.25. The number of thioether (sulfide) groups is 1. The molecule has 0 aliphatic carbocycles. The Labute approximate surface area is 272 Å². The smallest absolute Gasteiger partial charge is 0.272 e. The molecule has 0 atom stereocenters. The van der Waals surface area contributed by atoms with E-state index in [1.165, 1.54) is 39.2 Å². The van der Waals surface area contributed by atoms with E-state index in [0.717, 1.165) is 4.90 Å². The van der Waals surface area contributed by atoms with Crippen molar-refractivity contribution in [2.24, 2.45) is 0 Å². The summed E-state index contributed by atoms with van der Waals surface area (Å²) >= 11 is 1.35. The standard InChI is InChI=1S/C35H35N3O7S/c1-5-45-29-14-10-9-13-27(29)37-32(39)22-46-26-17-15-25(16-18-26)36-35(41)28(38-34(40)24-11-7-6-8-12-24)19-23-20-30(42-2)33(44-4)31(21-23)43-3/h6-21H,5,22H2,1-4H3,(H,36,41)(H,37,39)(H,38,40)/b28-19-. The molecule has 4 aromatic carbocycles. The molecule has 11 heteroatoms. The van der Waals surface area contributed by atoms with Gasteiger partial charge in [-0.3, -0.25) is 14.4 Å². The summed E-state index contributed by atoms with van der Waals surface area (Å²) in [4.78, 5) is 40.0. The van der Waals surface area contributed by atoms with Crippen LogP contribution < -0.4 is 34.9 Å². The van der Waals surface area contributed by atoms with Gasteiger partial charge in [0.1, 0.15) is 11.4 Å². The summed E-state index contributed by atoms with van der Waals surface area (Å²) in [5.41, 5.74) is 2.02. The summed E-state index contributed by atoms with van der Waals surface area (Å²) in [6.45, 7) is 2.38. The van der Waals surface area contributed by atoms with Crippen LogP contribution in [-0.2, 0) is 9.59 Å². The molecular formula is C35H35N3O7S. The number of carbonyl (C=O) groups is 3. The number of amides is 3. The third kappa shape index (κ3) is 9.05. The summed E-state index contributed by atoms with van der Waals surface area (Å²) in [7, 11) is 4.48. The molecule has 0 aliphatic heterocycles. The zero-order valence-corrected chi connectivity index (χ0v) is 26.7. The van der Waals surface area contributed by atoms with Gasteiger partial charge in [0.2, 0.25) is 11.7 Å². The molecule has 0 spiro atoms. The van der Waals surface area contributed by atoms with Gasteiger partial charge in [-0.1, -0.05) is 30.3 Å². The Morgan fingerprint density at radius 3 is 2.04 bits per heavy atom. The second-order valence-corrected chi connectivity index (χ2v) is 10.6. The molecule has 0 saturated heterocycles. The molecule has 0 fully saturated rings. The minimum Gasteiger partial charge on any atom is -0.493 e. The van der Waals surface area contributed by atoms with Crippen LogP contribution in [0.4, 0.5) is 11.4 Å². The van der Waals surface area contributed by atoms with Gasteiger partial charge in [-0.2, -0.15) is 0 Å². The first-order valence-electron chi connectivity index (χ1n) is 14.3. The summed E-state index contributed by atoms with van der Waals surface area (Å²) in [5, 5.41) is 8.43. The highest BCUT2D eigenvalue weighted by Crippen LogP contribution is 2.38. The van der Waals surface area contributed by atoms with Crippen molar-refractivity contribution in [1.82, 2.24) is 5.32 Å². The van der Waals surface area contributed by atoms with Crippen LogP contribution in [0.15, 0.2) is 102 Å². The molecule has 10 nitrogen and oxygen atoms in total. The van der Waals surface area contributed by atoms with E-state index in [9.17, 15) is 14.4 Å². The van der Waals surface area contributed by atoms with Gasteiger partial charge in [-0.05, 0) is 79.2 Å². The minimum absolute atomic E-state index is 0.00872. The molecule has 0 aliphatic rings. The summed E-state index contributed by atoms with van der Waals surface area (Å²) in [6, 6.07) is 26.2. The average Bonchev–Trinajstić information content (AvgIpc) is 3.08. The summed E-state index contributed by atoms with van der Waals surface area (Å²) in [6.07, 6.45) is 1.52. The zero-order valence-electron chi connectivity index (χ0n) is 25.9. The topological polar surface area (TPSA) is 124 Å². The van der Waals surface area contributed by atoms with Gasteiger partial charge < -0.3 is 34.9 Å². The fourth-order valence-electron chi connectivity index (χ4n) is 4.31. The Morgan fingerprint density at radius 2 is 1.41 bits per heavy atom. The lowest BCUT2D eigenvalue weighted by atomic mass is 10.1. The Morgan fingerprint density at radius 1 is 0.761 bits per heavy atom. The molecule has 0 bridgehead atoms. The molecule has 0 saturated carbocycles. The number of hydrogen-bond donors (Lipinski definition) is 3. The highest BCUT2D eigenvalue weighted by Gasteiger charge is 2.18. The van der Waals surface area contributed by atoms with E-state index in [1.807, 2.05) is 19.1 Å². The molecule has 0 radical (unpaired) electrons. The summed E-state index contributed by atoms with van der Waals surface area (Å²) < 4.78 is 21.9. The van der Waals surface area contributed by atoms with E-state index in [-0.39, 0.29) is 17.4 Å². The van der Waals surface area contributed by atoms with E-state index in [4.69, 9.17) is 18.9 Å². The molecule has 46 heavy (non-hydrogen) atoms. The van der Waals surface area contributed by atoms with E-state index >= 15 is 0 Å². The maximum Gasteiger partial charge on any atom is 0.272 e. The Balaban J connectivity index is 1.48. The number of ether oxygens (including phenoxy) is 4. The number of anilines is 2. The van der Waals surface area contributed by atoms with Crippen LogP contribution in [0.3, 0.4) is 0 Å². The number of benzene rings is 4. The molecule has 3 N–H and O–H groups in total. The number of hydrogen-bond acceptors (Lipinski definition) is 8. The van der Waals surface area contributed by atoms with Gasteiger partial charge in [0, 0.05) is 16.1 Å². The quantitative estimate of drug-likeness (QED) is 0.109. The van der Waals surface area contributed by atoms with Crippen LogP contribution in [0.2, 0.25) is 0 Å². The Bertz CT molecular complexity index is 1670. The fourth-order valence-corrected chi connectivity index (χ4v) is 5.01. The van der Waals surface area contributed by atoms with Crippen molar-refractivity contribution in [3.8, 4) is 23.0 Å². The monoisotopic (exact) mass is 641 g/mol. The zero-order chi connectivity index (χ0) is 32.9. The van der Waals surface area contributed by atoms with E-state index in [1.54, 1.807) is 78.9 Å². The van der Waals surface area contributed by atoms with Gasteiger partial charge >= 0.3 is 0 Å². The van der Waals surface area contributed by atoms with Gasteiger partial charge in [-0.25, -0.2) is 0 Å². The Kier molecular flexibility index (Phi) is 12.1. The van der Waals surface area contributed by atoms with Crippen molar-refractivity contribution in [2.45, 2.75) is 11.8 Å². The molecular weight excluding hydrogens is 606 g/mol. The second-order valence-electron chi connectivity index (χ2n) is 9.58. The highest BCUT2D eigenvalue weighted by molar-refractivity contribution is 8.00. The lowest BCUT2D eigenvalue weighted by Crippen LogP contribution is -2.30. The van der Waals surface area contributed by atoms with Gasteiger partial charge in [-0.15, -0.1) is 11.8 Å². The van der Waals surface area contributed by atoms with Crippen LogP contribution in [0.25, 0.3) is 6.08 Å². The van der Waals surface area contributed by atoms with Crippen molar-refractivity contribution in [3.63, 3.8) is 0 Å². The molecule has 0 aromatic heterocycles. The number of nitrogens with one attached hydrogen (secondary N) is 3. The van der Waals surface area contributed by atoms with Crippen LogP contribution in [0.1, 0.15) is 22.8 Å². The second kappa shape index (κ2) is 16.6. The first-order valence-corrected chi connectivity index (χ1v) is 15.3. The van der Waals surface area contributed by atoms with Crippen molar-refractivity contribution >= 4 is 46.9 Å². The van der Waals surface area contributed by atoms with Crippen LogP contribution in [-0.4, -0.2) is 51.4 Å². The third-order valence-corrected chi connectivity index (χ3v) is 7.48. The van der Waals surface area contributed by atoms with E-state index < -0.39 is 11.8 Å². The minimum atomic E-state index is -0.550. The van der Waals surface area contributed by atoms with E-state index in [0.29, 0.717) is 52.1 Å². The largest absolute Gasteiger partial charge is 0.493 e. The molecule has 0 heterocycles. The van der Waals surface area contributed by atoms with Crippen molar-refractivity contribution in [2.75, 3.05) is 44.3 Å². The Hall–Kier alpha value is -5.42. The average molecular weight is 642 g/mol. The maximum atomic E-state index is 13.5. The molecule has 238 valence electrons. The van der Waals surface area contributed by atoms with Gasteiger partial charge in [0.05, 0.1) is 39.4 Å². The first kappa shape index (κ1) is 33.5. The van der Waals surface area contributed by atoms with Crippen LogP contribution >= 0.6 is 11.8 Å². The molecule has 3 amide bonds. The van der Waals surface area contributed by atoms with Crippen molar-refractivity contribution in [3.05, 3.63) is 108 Å². The molecule has 0 unspecified atom stereocenters. The fraction of sp³-hybridized carbons (Fsp3) is 0.171. The van der Waals surface area contributed by atoms with Gasteiger partial charge in [0.25, 0.3) is 11.8 Å². The molecule has 4 rings (SSSR count). The van der Waals surface area contributed by atoms with E-state index in [2.05, 4.69) is 16.0 Å². The lowest BCUT2D eigenvalue weighted by Gasteiger charge is -2.15. The number of rotatable bonds is 14. The van der Waals surface area contributed by atoms with Crippen molar-refractivity contribution < 1.29 is 33.3 Å². The SMILES string of the molecule is CCOc1ccccc1NC(=O)CSc1ccc(NC(=O)/C(=C/c2cc(OC)c(OC)c(OC)c2)NC(=O)c2ccccc2)cc1. The third-order valence-electron chi connectivity index (χ3n) is 6.47. The highest BCUT2D eigenvalue weighted by atomic mass is 32.2. The normalized spacial score (nSPS) is 10.8. The predicted molar refractivity (Wildman–Crippen MR) is 180 cm³/mol. The number of para-hydroxylation sites is 2. The van der Waals surface area contributed by atoms with Gasteiger partial charge in [0.15, 0.2) is 11.5 Å². The van der Waals surface area contributed by atoms with Crippen molar-refractivity contribution in [1.29, 1.82) is 0 Å². The lowest BCUT2D eigenvalue weighted by molar-refractivity contribution is -0.114. The van der Waals surface area contributed by atoms with Crippen LogP contribution in [0.5, 0.6) is 23.0 Å². The molecule has 4 aromatic rings. The maximum absolute atomic E-state index is 13.5. The number of carbonyl (C=O) groups excluding carboxylic acids is 3. The number of methoxy groups -OCH3 is 3. The first-order chi connectivity index (χ1) is 22.3.